The zero-order valence-electron chi connectivity index (χ0n) is 11.2. The summed E-state index contributed by atoms with van der Waals surface area (Å²) < 4.78 is 4.89. The number of aryl methyl sites for hydroxylation is 1. The van der Waals surface area contributed by atoms with Crippen LogP contribution in [-0.2, 0) is 4.79 Å². The third kappa shape index (κ3) is 2.47. The van der Waals surface area contributed by atoms with Crippen LogP contribution in [0.1, 0.15) is 42.4 Å². The number of hydrogen-bond donors (Lipinski definition) is 1. The summed E-state index contributed by atoms with van der Waals surface area (Å²) in [6.07, 6.45) is 1.57. The van der Waals surface area contributed by atoms with Gasteiger partial charge in [0.1, 0.15) is 5.76 Å². The standard InChI is InChI=1S/C13H18N2O4/c1-3-13(12(17)18)4-6-15(7-5-13)11(16)10-8-9(2)19-14-10/h8H,3-7H2,1-2H3,(H,17,18). The number of carbonyl (C=O) groups excluding carboxylic acids is 1. The molecule has 6 heteroatoms. The van der Waals surface area contributed by atoms with Gasteiger partial charge in [0, 0.05) is 19.2 Å². The van der Waals surface area contributed by atoms with Crippen molar-refractivity contribution in [1.82, 2.24) is 10.1 Å². The lowest BCUT2D eigenvalue weighted by Gasteiger charge is -2.37. The van der Waals surface area contributed by atoms with Crippen molar-refractivity contribution in [2.45, 2.75) is 33.1 Å². The lowest BCUT2D eigenvalue weighted by molar-refractivity contribution is -0.152. The minimum atomic E-state index is -0.764. The Morgan fingerprint density at radius 1 is 1.47 bits per heavy atom. The van der Waals surface area contributed by atoms with Gasteiger partial charge in [-0.3, -0.25) is 9.59 Å². The van der Waals surface area contributed by atoms with E-state index in [1.54, 1.807) is 17.9 Å². The molecule has 1 amide bonds. The molecule has 104 valence electrons. The summed E-state index contributed by atoms with van der Waals surface area (Å²) in [6, 6.07) is 1.60. The number of aliphatic carboxylic acids is 1. The molecule has 1 fully saturated rings. The van der Waals surface area contributed by atoms with E-state index in [0.717, 1.165) is 0 Å². The Bertz CT molecular complexity index is 487. The van der Waals surface area contributed by atoms with Gasteiger partial charge in [-0.2, -0.15) is 0 Å². The van der Waals surface area contributed by atoms with Crippen LogP contribution >= 0.6 is 0 Å². The summed E-state index contributed by atoms with van der Waals surface area (Å²) >= 11 is 0. The number of carbonyl (C=O) groups is 2. The number of nitrogens with zero attached hydrogens (tertiary/aromatic N) is 2. The van der Waals surface area contributed by atoms with E-state index in [-0.39, 0.29) is 11.6 Å². The second kappa shape index (κ2) is 5.03. The van der Waals surface area contributed by atoms with Crippen LogP contribution in [0.3, 0.4) is 0 Å². The molecule has 1 aromatic rings. The van der Waals surface area contributed by atoms with Gasteiger partial charge in [-0.25, -0.2) is 0 Å². The lowest BCUT2D eigenvalue weighted by Crippen LogP contribution is -2.46. The van der Waals surface area contributed by atoms with Gasteiger partial charge >= 0.3 is 5.97 Å². The Morgan fingerprint density at radius 2 is 2.11 bits per heavy atom. The summed E-state index contributed by atoms with van der Waals surface area (Å²) in [5.41, 5.74) is -0.395. The molecule has 1 N–H and O–H groups in total. The highest BCUT2D eigenvalue weighted by molar-refractivity contribution is 5.92. The predicted molar refractivity (Wildman–Crippen MR) is 66.7 cm³/mol. The number of amides is 1. The van der Waals surface area contributed by atoms with Crippen molar-refractivity contribution < 1.29 is 19.2 Å². The fourth-order valence-corrected chi connectivity index (χ4v) is 2.49. The van der Waals surface area contributed by atoms with Gasteiger partial charge in [0.25, 0.3) is 5.91 Å². The molecule has 0 bridgehead atoms. The van der Waals surface area contributed by atoms with Crippen molar-refractivity contribution in [3.63, 3.8) is 0 Å². The maximum Gasteiger partial charge on any atom is 0.309 e. The monoisotopic (exact) mass is 266 g/mol. The van der Waals surface area contributed by atoms with Crippen LogP contribution in [0.15, 0.2) is 10.6 Å². The third-order valence-electron chi connectivity index (χ3n) is 3.99. The molecule has 0 saturated carbocycles. The van der Waals surface area contributed by atoms with E-state index in [1.165, 1.54) is 0 Å². The van der Waals surface area contributed by atoms with Crippen LogP contribution in [0.5, 0.6) is 0 Å². The molecule has 0 aliphatic carbocycles. The Labute approximate surface area is 111 Å². The zero-order chi connectivity index (χ0) is 14.0. The molecule has 19 heavy (non-hydrogen) atoms. The van der Waals surface area contributed by atoms with E-state index >= 15 is 0 Å². The van der Waals surface area contributed by atoms with E-state index in [1.807, 2.05) is 6.92 Å². The highest BCUT2D eigenvalue weighted by atomic mass is 16.5. The molecule has 2 heterocycles. The van der Waals surface area contributed by atoms with E-state index in [2.05, 4.69) is 5.16 Å². The minimum Gasteiger partial charge on any atom is -0.481 e. The Kier molecular flexibility index (Phi) is 3.59. The molecule has 2 rings (SSSR count). The second-order valence-electron chi connectivity index (χ2n) is 5.05. The first-order valence-corrected chi connectivity index (χ1v) is 6.44. The SMILES string of the molecule is CCC1(C(=O)O)CCN(C(=O)c2cc(C)on2)CC1. The van der Waals surface area contributed by atoms with Gasteiger partial charge in [-0.1, -0.05) is 12.1 Å². The van der Waals surface area contributed by atoms with E-state index in [4.69, 9.17) is 4.52 Å². The first-order valence-electron chi connectivity index (χ1n) is 6.44. The summed E-state index contributed by atoms with van der Waals surface area (Å²) in [6.45, 7) is 4.51. The maximum absolute atomic E-state index is 12.1. The van der Waals surface area contributed by atoms with E-state index in [9.17, 15) is 14.7 Å². The zero-order valence-corrected chi connectivity index (χ0v) is 11.2. The maximum atomic E-state index is 12.1. The molecule has 0 spiro atoms. The van der Waals surface area contributed by atoms with Crippen molar-refractivity contribution in [3.05, 3.63) is 17.5 Å². The molecule has 6 nitrogen and oxygen atoms in total. The van der Waals surface area contributed by atoms with Gasteiger partial charge in [-0.05, 0) is 26.2 Å². The number of hydrogen-bond acceptors (Lipinski definition) is 4. The topological polar surface area (TPSA) is 83.6 Å². The smallest absolute Gasteiger partial charge is 0.309 e. The molecule has 1 aliphatic heterocycles. The summed E-state index contributed by atoms with van der Waals surface area (Å²) in [5.74, 6) is -0.361. The largest absolute Gasteiger partial charge is 0.481 e. The summed E-state index contributed by atoms with van der Waals surface area (Å²) in [4.78, 5) is 25.1. The molecule has 0 unspecified atom stereocenters. The fourth-order valence-electron chi connectivity index (χ4n) is 2.49. The Balaban J connectivity index is 2.04. The number of aromatic nitrogens is 1. The lowest BCUT2D eigenvalue weighted by atomic mass is 9.76. The summed E-state index contributed by atoms with van der Waals surface area (Å²) in [5, 5.41) is 13.0. The van der Waals surface area contributed by atoms with Crippen LogP contribution < -0.4 is 0 Å². The van der Waals surface area contributed by atoms with Crippen LogP contribution in [0, 0.1) is 12.3 Å². The van der Waals surface area contributed by atoms with Gasteiger partial charge in [0.15, 0.2) is 5.69 Å². The molecular formula is C13H18N2O4. The minimum absolute atomic E-state index is 0.188. The van der Waals surface area contributed by atoms with Gasteiger partial charge in [-0.15, -0.1) is 0 Å². The molecule has 0 atom stereocenters. The van der Waals surface area contributed by atoms with Gasteiger partial charge in [0.05, 0.1) is 5.41 Å². The molecule has 1 saturated heterocycles. The third-order valence-corrected chi connectivity index (χ3v) is 3.99. The van der Waals surface area contributed by atoms with Gasteiger partial charge in [0.2, 0.25) is 0 Å². The highest BCUT2D eigenvalue weighted by Crippen LogP contribution is 2.35. The highest BCUT2D eigenvalue weighted by Gasteiger charge is 2.41. The quantitative estimate of drug-likeness (QED) is 0.900. The predicted octanol–water partition coefficient (Wildman–Crippen LogP) is 1.70. The first-order chi connectivity index (χ1) is 8.98. The van der Waals surface area contributed by atoms with Crippen LogP contribution in [-0.4, -0.2) is 40.1 Å². The average Bonchev–Trinajstić information content (AvgIpc) is 2.84. The van der Waals surface area contributed by atoms with Crippen molar-refractivity contribution in [1.29, 1.82) is 0 Å². The molecular weight excluding hydrogens is 248 g/mol. The molecule has 1 aromatic heterocycles. The van der Waals surface area contributed by atoms with E-state index < -0.39 is 11.4 Å². The van der Waals surface area contributed by atoms with E-state index in [0.29, 0.717) is 38.1 Å². The van der Waals surface area contributed by atoms with Crippen LogP contribution in [0.4, 0.5) is 0 Å². The van der Waals surface area contributed by atoms with Crippen LogP contribution in [0.25, 0.3) is 0 Å². The number of rotatable bonds is 3. The van der Waals surface area contributed by atoms with Crippen molar-refractivity contribution in [2.24, 2.45) is 5.41 Å². The molecule has 0 radical (unpaired) electrons. The Hall–Kier alpha value is -1.85. The number of carboxylic acid groups (broad SMARTS) is 1. The first kappa shape index (κ1) is 13.6. The van der Waals surface area contributed by atoms with Crippen molar-refractivity contribution in [3.8, 4) is 0 Å². The van der Waals surface area contributed by atoms with Crippen molar-refractivity contribution >= 4 is 11.9 Å². The number of carboxylic acids is 1. The number of piperidine rings is 1. The van der Waals surface area contributed by atoms with Crippen LogP contribution in [0.2, 0.25) is 0 Å². The molecule has 0 aromatic carbocycles. The second-order valence-corrected chi connectivity index (χ2v) is 5.05. The average molecular weight is 266 g/mol. The van der Waals surface area contributed by atoms with Gasteiger partial charge < -0.3 is 14.5 Å². The fraction of sp³-hybridized carbons (Fsp3) is 0.615. The number of likely N-dealkylation sites (tertiary alicyclic amines) is 1. The molecule has 1 aliphatic rings. The normalized spacial score (nSPS) is 18.3. The van der Waals surface area contributed by atoms with Crippen molar-refractivity contribution in [2.75, 3.05) is 13.1 Å². The Morgan fingerprint density at radius 3 is 2.53 bits per heavy atom. The summed E-state index contributed by atoms with van der Waals surface area (Å²) in [7, 11) is 0.